The van der Waals surface area contributed by atoms with Crippen molar-refractivity contribution in [1.29, 1.82) is 0 Å². The predicted octanol–water partition coefficient (Wildman–Crippen LogP) is 2.85. The third-order valence-corrected chi connectivity index (χ3v) is 4.20. The van der Waals surface area contributed by atoms with Crippen LogP contribution >= 0.6 is 24.0 Å². The zero-order valence-corrected chi connectivity index (χ0v) is 14.7. The Labute approximate surface area is 155 Å². The van der Waals surface area contributed by atoms with Crippen molar-refractivity contribution in [2.75, 3.05) is 19.6 Å². The molecule has 1 aliphatic rings. The molecule has 1 unspecified atom stereocenters. The van der Waals surface area contributed by atoms with E-state index in [-0.39, 0.29) is 40.6 Å². The molecule has 0 spiro atoms. The fourth-order valence-corrected chi connectivity index (χ4v) is 2.98. The molecule has 0 bridgehead atoms. The molecule has 1 fully saturated rings. The van der Waals surface area contributed by atoms with Gasteiger partial charge in [-0.15, -0.1) is 12.4 Å². The van der Waals surface area contributed by atoms with Crippen LogP contribution in [0.2, 0.25) is 5.02 Å². The van der Waals surface area contributed by atoms with Gasteiger partial charge in [0, 0.05) is 43.1 Å². The van der Waals surface area contributed by atoms with Crippen LogP contribution < -0.4 is 5.32 Å². The minimum Gasteiger partial charge on any atom is -0.329 e. The van der Waals surface area contributed by atoms with Crippen LogP contribution in [0, 0.1) is 10.1 Å². The fraction of sp³-hybridized carbons (Fsp3) is 0.250. The Hall–Kier alpha value is -2.22. The number of benzene rings is 1. The molecular weight excluding hydrogens is 367 g/mol. The number of amides is 1. The second-order valence-corrected chi connectivity index (χ2v) is 5.86. The van der Waals surface area contributed by atoms with Crippen LogP contribution in [0.3, 0.4) is 0 Å². The summed E-state index contributed by atoms with van der Waals surface area (Å²) < 4.78 is 0. The van der Waals surface area contributed by atoms with Gasteiger partial charge >= 0.3 is 0 Å². The van der Waals surface area contributed by atoms with Gasteiger partial charge < -0.3 is 10.2 Å². The number of halogens is 2. The number of pyridine rings is 1. The maximum Gasteiger partial charge on any atom is 0.283 e. The maximum absolute atomic E-state index is 13.0. The van der Waals surface area contributed by atoms with E-state index in [1.807, 2.05) is 6.07 Å². The molecule has 25 heavy (non-hydrogen) atoms. The molecule has 1 amide bonds. The second-order valence-electron chi connectivity index (χ2n) is 5.42. The highest BCUT2D eigenvalue weighted by Crippen LogP contribution is 2.29. The van der Waals surface area contributed by atoms with E-state index in [1.165, 1.54) is 18.2 Å². The number of hydrogen-bond donors (Lipinski definition) is 1. The van der Waals surface area contributed by atoms with Crippen LogP contribution in [0.1, 0.15) is 22.0 Å². The molecule has 9 heteroatoms. The van der Waals surface area contributed by atoms with Gasteiger partial charge in [-0.25, -0.2) is 0 Å². The van der Waals surface area contributed by atoms with Gasteiger partial charge in [0.15, 0.2) is 0 Å². The average Bonchev–Trinajstić information content (AvgIpc) is 2.62. The number of piperazine rings is 1. The van der Waals surface area contributed by atoms with E-state index in [1.54, 1.807) is 23.4 Å². The van der Waals surface area contributed by atoms with Crippen LogP contribution in [0.4, 0.5) is 5.69 Å². The lowest BCUT2D eigenvalue weighted by molar-refractivity contribution is -0.385. The number of nitro groups is 1. The number of nitrogens with zero attached hydrogens (tertiary/aromatic N) is 3. The maximum atomic E-state index is 13.0. The van der Waals surface area contributed by atoms with Crippen molar-refractivity contribution in [1.82, 2.24) is 15.2 Å². The van der Waals surface area contributed by atoms with Crippen LogP contribution in [-0.4, -0.2) is 40.3 Å². The highest BCUT2D eigenvalue weighted by Gasteiger charge is 2.32. The summed E-state index contributed by atoms with van der Waals surface area (Å²) >= 11 is 5.83. The molecule has 2 heterocycles. The highest BCUT2D eigenvalue weighted by molar-refractivity contribution is 6.31. The largest absolute Gasteiger partial charge is 0.329 e. The quantitative estimate of drug-likeness (QED) is 0.651. The van der Waals surface area contributed by atoms with Crippen LogP contribution in [-0.2, 0) is 0 Å². The minimum atomic E-state index is -0.583. The molecule has 1 aromatic heterocycles. The van der Waals surface area contributed by atoms with E-state index in [0.29, 0.717) is 19.6 Å². The molecule has 0 saturated carbocycles. The number of carbonyl (C=O) groups is 1. The smallest absolute Gasteiger partial charge is 0.283 e. The first kappa shape index (κ1) is 19.1. The zero-order valence-electron chi connectivity index (χ0n) is 13.1. The first-order valence-electron chi connectivity index (χ1n) is 7.43. The van der Waals surface area contributed by atoms with Gasteiger partial charge in [-0.1, -0.05) is 17.7 Å². The summed E-state index contributed by atoms with van der Waals surface area (Å²) in [6.45, 7) is 1.65. The van der Waals surface area contributed by atoms with Gasteiger partial charge in [-0.3, -0.25) is 19.9 Å². The summed E-state index contributed by atoms with van der Waals surface area (Å²) in [4.78, 5) is 29.4. The van der Waals surface area contributed by atoms with Gasteiger partial charge in [0.25, 0.3) is 11.6 Å². The van der Waals surface area contributed by atoms with E-state index < -0.39 is 4.92 Å². The van der Waals surface area contributed by atoms with Gasteiger partial charge in [0.2, 0.25) is 0 Å². The van der Waals surface area contributed by atoms with E-state index >= 15 is 0 Å². The lowest BCUT2D eigenvalue weighted by atomic mass is 10.0. The van der Waals surface area contributed by atoms with Crippen molar-refractivity contribution >= 4 is 35.6 Å². The Kier molecular flexibility index (Phi) is 6.30. The van der Waals surface area contributed by atoms with Gasteiger partial charge in [0.05, 0.1) is 11.0 Å². The normalized spacial score (nSPS) is 16.8. The third kappa shape index (κ3) is 4.07. The summed E-state index contributed by atoms with van der Waals surface area (Å²) in [6.07, 6.45) is 3.37. The van der Waals surface area contributed by atoms with E-state index in [2.05, 4.69) is 10.3 Å². The topological polar surface area (TPSA) is 88.4 Å². The molecule has 132 valence electrons. The Morgan fingerprint density at radius 3 is 2.88 bits per heavy atom. The zero-order chi connectivity index (χ0) is 17.1. The first-order valence-corrected chi connectivity index (χ1v) is 7.81. The van der Waals surface area contributed by atoms with Gasteiger partial charge in [0.1, 0.15) is 5.56 Å². The van der Waals surface area contributed by atoms with E-state index in [0.717, 1.165) is 5.56 Å². The Morgan fingerprint density at radius 2 is 2.20 bits per heavy atom. The molecule has 1 N–H and O–H groups in total. The number of carbonyl (C=O) groups excluding carboxylic acids is 1. The Bertz CT molecular complexity index is 773. The van der Waals surface area contributed by atoms with E-state index in [9.17, 15) is 14.9 Å². The van der Waals surface area contributed by atoms with Crippen molar-refractivity contribution < 1.29 is 9.72 Å². The summed E-state index contributed by atoms with van der Waals surface area (Å²) in [7, 11) is 0. The fourth-order valence-electron chi connectivity index (χ4n) is 2.81. The number of rotatable bonds is 3. The van der Waals surface area contributed by atoms with Crippen LogP contribution in [0.25, 0.3) is 0 Å². The monoisotopic (exact) mass is 382 g/mol. The molecule has 1 atom stereocenters. The predicted molar refractivity (Wildman–Crippen MR) is 96.2 cm³/mol. The van der Waals surface area contributed by atoms with Crippen molar-refractivity contribution in [3.8, 4) is 0 Å². The lowest BCUT2D eigenvalue weighted by Crippen LogP contribution is -2.48. The molecule has 3 rings (SSSR count). The van der Waals surface area contributed by atoms with Crippen molar-refractivity contribution in [3.63, 3.8) is 0 Å². The summed E-state index contributed by atoms with van der Waals surface area (Å²) in [6, 6.07) is 7.57. The molecule has 1 saturated heterocycles. The highest BCUT2D eigenvalue weighted by atomic mass is 35.5. The minimum absolute atomic E-state index is 0. The first-order chi connectivity index (χ1) is 11.6. The molecule has 2 aromatic rings. The summed E-state index contributed by atoms with van der Waals surface area (Å²) in [5, 5.41) is 14.7. The van der Waals surface area contributed by atoms with Crippen molar-refractivity contribution in [2.24, 2.45) is 0 Å². The van der Waals surface area contributed by atoms with Crippen molar-refractivity contribution in [2.45, 2.75) is 6.04 Å². The number of hydrogen-bond acceptors (Lipinski definition) is 5. The third-order valence-electron chi connectivity index (χ3n) is 3.96. The summed E-state index contributed by atoms with van der Waals surface area (Å²) in [5.74, 6) is -0.381. The molecule has 7 nitrogen and oxygen atoms in total. The van der Waals surface area contributed by atoms with Crippen molar-refractivity contribution in [3.05, 3.63) is 69.0 Å². The number of aromatic nitrogens is 1. The molecule has 1 aliphatic heterocycles. The molecule has 0 radical (unpaired) electrons. The molecule has 0 aliphatic carbocycles. The van der Waals surface area contributed by atoms with Crippen LogP contribution in [0.5, 0.6) is 0 Å². The van der Waals surface area contributed by atoms with Gasteiger partial charge in [-0.05, 0) is 23.8 Å². The molecule has 1 aromatic carbocycles. The second kappa shape index (κ2) is 8.24. The Balaban J connectivity index is 0.00000225. The Morgan fingerprint density at radius 1 is 1.40 bits per heavy atom. The number of nitrogens with one attached hydrogen (secondary N) is 1. The SMILES string of the molecule is Cl.O=C(c1ccc(Cl)cc1[N+](=O)[O-])N1CCNCC1c1cccnc1. The molecular formula is C16H16Cl2N4O3. The van der Waals surface area contributed by atoms with E-state index in [4.69, 9.17) is 11.6 Å². The lowest BCUT2D eigenvalue weighted by Gasteiger charge is -2.36. The van der Waals surface area contributed by atoms with Crippen LogP contribution in [0.15, 0.2) is 42.7 Å². The average molecular weight is 383 g/mol. The standard InChI is InChI=1S/C16H15ClN4O3.ClH/c17-12-3-4-13(14(8-12)21(23)24)16(22)20-7-6-19-10-15(20)11-2-1-5-18-9-11;/h1-5,8-9,15,19H,6-7,10H2;1H. The number of nitro benzene ring substituents is 1. The van der Waals surface area contributed by atoms with Gasteiger partial charge in [-0.2, -0.15) is 0 Å². The summed E-state index contributed by atoms with van der Waals surface area (Å²) in [5.41, 5.74) is 0.644.